The number of nitrogens with two attached hydrogens (primary N) is 1. The summed E-state index contributed by atoms with van der Waals surface area (Å²) in [6.45, 7) is 4.74. The zero-order valence-corrected chi connectivity index (χ0v) is 12.8. The molecule has 1 aliphatic heterocycles. The van der Waals surface area contributed by atoms with E-state index in [1.54, 1.807) is 13.0 Å². The van der Waals surface area contributed by atoms with Crippen LogP contribution in [-0.2, 0) is 10.0 Å². The van der Waals surface area contributed by atoms with E-state index in [-0.39, 0.29) is 17.4 Å². The molecule has 20 heavy (non-hydrogen) atoms. The maximum atomic E-state index is 12.8. The molecule has 0 spiro atoms. The lowest BCUT2D eigenvalue weighted by atomic mass is 10.1. The Bertz CT molecular complexity index is 599. The van der Waals surface area contributed by atoms with Crippen LogP contribution in [0.1, 0.15) is 24.0 Å². The third-order valence-electron chi connectivity index (χ3n) is 4.09. The molecular formula is C14H22N2O3S. The molecule has 1 atom stereocenters. The number of hydrogen-bond acceptors (Lipinski definition) is 4. The van der Waals surface area contributed by atoms with Crippen molar-refractivity contribution in [2.45, 2.75) is 31.6 Å². The van der Waals surface area contributed by atoms with Crippen molar-refractivity contribution in [2.75, 3.05) is 25.4 Å². The Kier molecular flexibility index (Phi) is 4.36. The first-order valence-corrected chi connectivity index (χ1v) is 8.28. The Morgan fingerprint density at radius 3 is 2.75 bits per heavy atom. The summed E-state index contributed by atoms with van der Waals surface area (Å²) in [5.41, 5.74) is 7.83. The first-order valence-electron chi connectivity index (χ1n) is 6.84. The third-order valence-corrected chi connectivity index (χ3v) is 6.16. The van der Waals surface area contributed by atoms with E-state index in [2.05, 4.69) is 0 Å². The van der Waals surface area contributed by atoms with E-state index < -0.39 is 10.0 Å². The number of benzene rings is 1. The Morgan fingerprint density at radius 1 is 1.40 bits per heavy atom. The van der Waals surface area contributed by atoms with Crippen LogP contribution in [0.3, 0.4) is 0 Å². The predicted molar refractivity (Wildman–Crippen MR) is 78.9 cm³/mol. The number of aliphatic hydroxyl groups excluding tert-OH is 1. The van der Waals surface area contributed by atoms with E-state index in [0.717, 1.165) is 17.5 Å². The molecule has 3 N–H and O–H groups in total. The first kappa shape index (κ1) is 15.3. The van der Waals surface area contributed by atoms with Crippen molar-refractivity contribution in [3.8, 4) is 0 Å². The maximum absolute atomic E-state index is 12.8. The van der Waals surface area contributed by atoms with Gasteiger partial charge >= 0.3 is 0 Å². The average Bonchev–Trinajstić information content (AvgIpc) is 2.84. The number of aryl methyl sites for hydroxylation is 1. The van der Waals surface area contributed by atoms with Gasteiger partial charge in [-0.2, -0.15) is 4.31 Å². The summed E-state index contributed by atoms with van der Waals surface area (Å²) in [5.74, 6) is 0.237. The summed E-state index contributed by atoms with van der Waals surface area (Å²) >= 11 is 0. The van der Waals surface area contributed by atoms with Gasteiger partial charge in [0.05, 0.1) is 5.69 Å². The fourth-order valence-corrected chi connectivity index (χ4v) is 4.64. The van der Waals surface area contributed by atoms with E-state index in [1.807, 2.05) is 13.0 Å². The van der Waals surface area contributed by atoms with E-state index in [4.69, 9.17) is 10.8 Å². The molecule has 112 valence electrons. The van der Waals surface area contributed by atoms with Gasteiger partial charge in [0, 0.05) is 19.7 Å². The zero-order valence-electron chi connectivity index (χ0n) is 12.0. The highest BCUT2D eigenvalue weighted by atomic mass is 32.2. The fourth-order valence-electron chi connectivity index (χ4n) is 2.72. The minimum atomic E-state index is -3.55. The highest BCUT2D eigenvalue weighted by molar-refractivity contribution is 7.89. The Labute approximate surface area is 120 Å². The van der Waals surface area contributed by atoms with Crippen LogP contribution in [0.5, 0.6) is 0 Å². The summed E-state index contributed by atoms with van der Waals surface area (Å²) in [6, 6.07) is 3.48. The van der Waals surface area contributed by atoms with Gasteiger partial charge in [-0.15, -0.1) is 0 Å². The van der Waals surface area contributed by atoms with Crippen molar-refractivity contribution in [3.05, 3.63) is 23.3 Å². The van der Waals surface area contributed by atoms with Gasteiger partial charge in [-0.05, 0) is 49.8 Å². The maximum Gasteiger partial charge on any atom is 0.245 e. The molecule has 1 fully saturated rings. The molecule has 1 aromatic carbocycles. The Balaban J connectivity index is 2.35. The Morgan fingerprint density at radius 2 is 2.10 bits per heavy atom. The lowest BCUT2D eigenvalue weighted by molar-refractivity contribution is 0.259. The third kappa shape index (κ3) is 2.68. The summed E-state index contributed by atoms with van der Waals surface area (Å²) in [6.07, 6.45) is 1.44. The minimum Gasteiger partial charge on any atom is -0.398 e. The van der Waals surface area contributed by atoms with Crippen LogP contribution < -0.4 is 5.73 Å². The molecule has 0 bridgehead atoms. The standard InChI is InChI=1S/C14H22N2O3S/c1-10-3-4-13(15)14(11(10)2)20(18,19)16-7-5-12(9-16)6-8-17/h3-4,12,17H,5-9,15H2,1-2H3. The van der Waals surface area contributed by atoms with Crippen LogP contribution >= 0.6 is 0 Å². The Hall–Kier alpha value is -1.11. The molecule has 1 aromatic rings. The van der Waals surface area contributed by atoms with Crippen LogP contribution in [0, 0.1) is 19.8 Å². The smallest absolute Gasteiger partial charge is 0.245 e. The predicted octanol–water partition coefficient (Wildman–Crippen LogP) is 1.28. The average molecular weight is 298 g/mol. The van der Waals surface area contributed by atoms with Crippen molar-refractivity contribution in [1.82, 2.24) is 4.31 Å². The van der Waals surface area contributed by atoms with Crippen molar-refractivity contribution < 1.29 is 13.5 Å². The summed E-state index contributed by atoms with van der Waals surface area (Å²) < 4.78 is 27.0. The quantitative estimate of drug-likeness (QED) is 0.820. The molecule has 1 unspecified atom stereocenters. The molecule has 0 aromatic heterocycles. The number of aliphatic hydroxyl groups is 1. The van der Waals surface area contributed by atoms with Crippen LogP contribution in [-0.4, -0.2) is 37.5 Å². The second-order valence-electron chi connectivity index (χ2n) is 5.46. The van der Waals surface area contributed by atoms with Gasteiger partial charge in [0.15, 0.2) is 0 Å². The fraction of sp³-hybridized carbons (Fsp3) is 0.571. The lowest BCUT2D eigenvalue weighted by Gasteiger charge is -2.20. The number of rotatable bonds is 4. The number of nitrogens with zero attached hydrogens (tertiary/aromatic N) is 1. The number of hydrogen-bond donors (Lipinski definition) is 2. The van der Waals surface area contributed by atoms with Gasteiger partial charge in [-0.1, -0.05) is 6.07 Å². The highest BCUT2D eigenvalue weighted by Gasteiger charge is 2.34. The monoisotopic (exact) mass is 298 g/mol. The van der Waals surface area contributed by atoms with Gasteiger partial charge in [-0.25, -0.2) is 8.42 Å². The van der Waals surface area contributed by atoms with Crippen LogP contribution in [0.2, 0.25) is 0 Å². The van der Waals surface area contributed by atoms with Gasteiger partial charge in [-0.3, -0.25) is 0 Å². The minimum absolute atomic E-state index is 0.101. The number of anilines is 1. The molecule has 2 rings (SSSR count). The van der Waals surface area contributed by atoms with Crippen LogP contribution in [0.15, 0.2) is 17.0 Å². The molecule has 0 aliphatic carbocycles. The molecule has 1 aliphatic rings. The number of sulfonamides is 1. The first-order chi connectivity index (χ1) is 9.37. The summed E-state index contributed by atoms with van der Waals surface area (Å²) in [5, 5.41) is 8.97. The van der Waals surface area contributed by atoms with E-state index in [9.17, 15) is 8.42 Å². The summed E-state index contributed by atoms with van der Waals surface area (Å²) in [4.78, 5) is 0.238. The molecular weight excluding hydrogens is 276 g/mol. The van der Waals surface area contributed by atoms with Gasteiger partial charge < -0.3 is 10.8 Å². The molecule has 0 amide bonds. The zero-order chi connectivity index (χ0) is 14.9. The van der Waals surface area contributed by atoms with Crippen molar-refractivity contribution in [2.24, 2.45) is 5.92 Å². The van der Waals surface area contributed by atoms with E-state index >= 15 is 0 Å². The summed E-state index contributed by atoms with van der Waals surface area (Å²) in [7, 11) is -3.55. The van der Waals surface area contributed by atoms with Gasteiger partial charge in [0.1, 0.15) is 4.90 Å². The molecule has 5 nitrogen and oxygen atoms in total. The van der Waals surface area contributed by atoms with Gasteiger partial charge in [0.2, 0.25) is 10.0 Å². The number of nitrogen functional groups attached to an aromatic ring is 1. The topological polar surface area (TPSA) is 83.6 Å². The second kappa shape index (κ2) is 5.71. The van der Waals surface area contributed by atoms with Crippen LogP contribution in [0.4, 0.5) is 5.69 Å². The SMILES string of the molecule is Cc1ccc(N)c(S(=O)(=O)N2CCC(CCO)C2)c1C. The normalized spacial score (nSPS) is 20.4. The molecule has 6 heteroatoms. The second-order valence-corrected chi connectivity index (χ2v) is 7.33. The van der Waals surface area contributed by atoms with E-state index in [1.165, 1.54) is 4.31 Å². The molecule has 0 saturated carbocycles. The molecule has 0 radical (unpaired) electrons. The van der Waals surface area contributed by atoms with Crippen molar-refractivity contribution >= 4 is 15.7 Å². The highest BCUT2D eigenvalue weighted by Crippen LogP contribution is 2.32. The van der Waals surface area contributed by atoms with E-state index in [0.29, 0.717) is 25.2 Å². The molecule has 1 saturated heterocycles. The van der Waals surface area contributed by atoms with Crippen molar-refractivity contribution in [1.29, 1.82) is 0 Å². The lowest BCUT2D eigenvalue weighted by Crippen LogP contribution is -2.30. The molecule has 1 heterocycles. The van der Waals surface area contributed by atoms with Crippen molar-refractivity contribution in [3.63, 3.8) is 0 Å². The largest absolute Gasteiger partial charge is 0.398 e. The van der Waals surface area contributed by atoms with Gasteiger partial charge in [0.25, 0.3) is 0 Å². The van der Waals surface area contributed by atoms with Crippen LogP contribution in [0.25, 0.3) is 0 Å².